The molecule has 19 heavy (non-hydrogen) atoms. The molecule has 0 aliphatic heterocycles. The van der Waals surface area contributed by atoms with Gasteiger partial charge in [-0.15, -0.1) is 0 Å². The molecule has 3 rings (SSSR count). The Labute approximate surface area is 121 Å². The van der Waals surface area contributed by atoms with E-state index in [0.717, 1.165) is 0 Å². The monoisotopic (exact) mass is 282 g/mol. The van der Waals surface area contributed by atoms with Crippen molar-refractivity contribution in [1.82, 2.24) is 0 Å². The molecular weight excluding hydrogens is 268 g/mol. The van der Waals surface area contributed by atoms with Crippen molar-refractivity contribution in [1.29, 1.82) is 0 Å². The van der Waals surface area contributed by atoms with Crippen molar-refractivity contribution in [2.45, 2.75) is 16.7 Å². The zero-order valence-electron chi connectivity index (χ0n) is 10.7. The van der Waals surface area contributed by atoms with E-state index >= 15 is 0 Å². The normalized spacial score (nSPS) is 10.8. The Kier molecular flexibility index (Phi) is 3.81. The summed E-state index contributed by atoms with van der Waals surface area (Å²) in [4.78, 5) is 2.59. The van der Waals surface area contributed by atoms with Crippen LogP contribution in [-0.2, 0) is 0 Å². The number of benzene rings is 3. The lowest BCUT2D eigenvalue weighted by Crippen LogP contribution is -1.74. The van der Waals surface area contributed by atoms with Gasteiger partial charge >= 0.3 is 0 Å². The molecule has 0 radical (unpaired) electrons. The Hall–Kier alpha value is -1.38. The van der Waals surface area contributed by atoms with Crippen LogP contribution in [0, 0.1) is 6.92 Å². The summed E-state index contributed by atoms with van der Waals surface area (Å²) < 4.78 is 0. The van der Waals surface area contributed by atoms with Gasteiger partial charge in [0.05, 0.1) is 0 Å². The first-order valence-electron chi connectivity index (χ1n) is 6.21. The topological polar surface area (TPSA) is 0 Å². The van der Waals surface area contributed by atoms with E-state index in [1.54, 1.807) is 0 Å². The van der Waals surface area contributed by atoms with Crippen LogP contribution in [0.15, 0.2) is 76.5 Å². The largest absolute Gasteiger partial charge is 0.0616 e. The molecule has 0 amide bonds. The smallest absolute Gasteiger partial charge is 0.0192 e. The van der Waals surface area contributed by atoms with E-state index in [1.807, 2.05) is 21.6 Å². The molecule has 0 aliphatic carbocycles. The van der Waals surface area contributed by atoms with Gasteiger partial charge in [0.15, 0.2) is 0 Å². The van der Waals surface area contributed by atoms with Crippen LogP contribution >= 0.6 is 21.6 Å². The van der Waals surface area contributed by atoms with Crippen LogP contribution in [0.25, 0.3) is 10.8 Å². The van der Waals surface area contributed by atoms with E-state index in [4.69, 9.17) is 0 Å². The molecule has 0 nitrogen and oxygen atoms in total. The quantitative estimate of drug-likeness (QED) is 0.545. The summed E-state index contributed by atoms with van der Waals surface area (Å²) >= 11 is 0. The van der Waals surface area contributed by atoms with Crippen LogP contribution in [0.3, 0.4) is 0 Å². The summed E-state index contributed by atoms with van der Waals surface area (Å²) in [6, 6.07) is 23.8. The predicted molar refractivity (Wildman–Crippen MR) is 86.8 cm³/mol. The van der Waals surface area contributed by atoms with Crippen LogP contribution < -0.4 is 0 Å². The number of fused-ring (bicyclic) bond motifs is 1. The standard InChI is InChI=1S/C17H14S2/c1-13-6-9-16(10-7-13)18-19-17-11-8-14-4-2-3-5-15(14)12-17/h2-12H,1H3. The third-order valence-electron chi connectivity index (χ3n) is 2.98. The Morgan fingerprint density at radius 3 is 2.05 bits per heavy atom. The van der Waals surface area contributed by atoms with Crippen molar-refractivity contribution in [3.05, 3.63) is 72.3 Å². The minimum absolute atomic E-state index is 1.30. The summed E-state index contributed by atoms with van der Waals surface area (Å²) in [5, 5.41) is 2.60. The average Bonchev–Trinajstić information content (AvgIpc) is 2.46. The number of rotatable bonds is 3. The van der Waals surface area contributed by atoms with Gasteiger partial charge in [0.2, 0.25) is 0 Å². The van der Waals surface area contributed by atoms with Gasteiger partial charge in [-0.05, 0) is 42.0 Å². The molecule has 0 heterocycles. The lowest BCUT2D eigenvalue weighted by Gasteiger charge is -2.03. The molecule has 0 N–H and O–H groups in total. The van der Waals surface area contributed by atoms with Gasteiger partial charge in [-0.1, -0.05) is 69.6 Å². The number of hydrogen-bond acceptors (Lipinski definition) is 2. The molecule has 3 aromatic rings. The molecule has 0 spiro atoms. The summed E-state index contributed by atoms with van der Waals surface area (Å²) in [5.41, 5.74) is 1.31. The van der Waals surface area contributed by atoms with E-state index < -0.39 is 0 Å². The zero-order valence-corrected chi connectivity index (χ0v) is 12.3. The summed E-state index contributed by atoms with van der Waals surface area (Å²) in [5.74, 6) is 0. The average molecular weight is 282 g/mol. The second-order valence-electron chi connectivity index (χ2n) is 4.49. The minimum Gasteiger partial charge on any atom is -0.0616 e. The van der Waals surface area contributed by atoms with Crippen molar-refractivity contribution in [3.63, 3.8) is 0 Å². The van der Waals surface area contributed by atoms with Crippen LogP contribution in [0.4, 0.5) is 0 Å². The van der Waals surface area contributed by atoms with E-state index in [0.29, 0.717) is 0 Å². The predicted octanol–water partition coefficient (Wildman–Crippen LogP) is 5.95. The highest BCUT2D eigenvalue weighted by Gasteiger charge is 1.99. The fourth-order valence-electron chi connectivity index (χ4n) is 1.91. The summed E-state index contributed by atoms with van der Waals surface area (Å²) in [7, 11) is 3.62. The van der Waals surface area contributed by atoms with Crippen LogP contribution in [0.1, 0.15) is 5.56 Å². The van der Waals surface area contributed by atoms with Crippen molar-refractivity contribution in [2.24, 2.45) is 0 Å². The first-order valence-corrected chi connectivity index (χ1v) is 8.36. The van der Waals surface area contributed by atoms with Gasteiger partial charge in [0.1, 0.15) is 0 Å². The molecule has 0 bridgehead atoms. The fourth-order valence-corrected chi connectivity index (χ4v) is 3.87. The number of aryl methyl sites for hydroxylation is 1. The Morgan fingerprint density at radius 2 is 1.26 bits per heavy atom. The molecule has 3 aromatic carbocycles. The van der Waals surface area contributed by atoms with E-state index in [1.165, 1.54) is 26.1 Å². The van der Waals surface area contributed by atoms with Gasteiger partial charge in [-0.2, -0.15) is 0 Å². The molecule has 0 fully saturated rings. The molecule has 0 saturated carbocycles. The van der Waals surface area contributed by atoms with E-state index in [9.17, 15) is 0 Å². The molecule has 94 valence electrons. The SMILES string of the molecule is Cc1ccc(SSc2ccc3ccccc3c2)cc1. The first kappa shape index (κ1) is 12.6. The minimum atomic E-state index is 1.30. The van der Waals surface area contributed by atoms with Crippen LogP contribution in [0.2, 0.25) is 0 Å². The van der Waals surface area contributed by atoms with Gasteiger partial charge in [0, 0.05) is 9.79 Å². The van der Waals surface area contributed by atoms with Crippen molar-refractivity contribution in [2.75, 3.05) is 0 Å². The molecule has 2 heteroatoms. The van der Waals surface area contributed by atoms with Gasteiger partial charge in [-0.25, -0.2) is 0 Å². The van der Waals surface area contributed by atoms with Crippen LogP contribution in [0.5, 0.6) is 0 Å². The third kappa shape index (κ3) is 3.14. The van der Waals surface area contributed by atoms with Crippen molar-refractivity contribution >= 4 is 32.4 Å². The third-order valence-corrected chi connectivity index (χ3v) is 5.38. The lowest BCUT2D eigenvalue weighted by atomic mass is 10.1. The first-order chi connectivity index (χ1) is 9.31. The zero-order chi connectivity index (χ0) is 13.1. The molecule has 0 atom stereocenters. The maximum absolute atomic E-state index is 2.25. The second-order valence-corrected chi connectivity index (χ2v) is 6.76. The van der Waals surface area contributed by atoms with Crippen molar-refractivity contribution < 1.29 is 0 Å². The highest BCUT2D eigenvalue weighted by atomic mass is 33.1. The van der Waals surface area contributed by atoms with E-state index in [-0.39, 0.29) is 0 Å². The van der Waals surface area contributed by atoms with Gasteiger partial charge in [-0.3, -0.25) is 0 Å². The molecule has 0 saturated heterocycles. The molecule has 0 unspecified atom stereocenters. The Balaban J connectivity index is 1.76. The fraction of sp³-hybridized carbons (Fsp3) is 0.0588. The summed E-state index contributed by atoms with van der Waals surface area (Å²) in [6.45, 7) is 2.12. The van der Waals surface area contributed by atoms with Gasteiger partial charge in [0.25, 0.3) is 0 Å². The Morgan fingerprint density at radius 1 is 0.632 bits per heavy atom. The van der Waals surface area contributed by atoms with Gasteiger partial charge < -0.3 is 0 Å². The maximum atomic E-state index is 2.25. The van der Waals surface area contributed by atoms with E-state index in [2.05, 4.69) is 73.7 Å². The second kappa shape index (κ2) is 5.72. The molecular formula is C17H14S2. The highest BCUT2D eigenvalue weighted by Crippen LogP contribution is 2.38. The Bertz CT molecular complexity index is 687. The maximum Gasteiger partial charge on any atom is 0.0192 e. The summed E-state index contributed by atoms with van der Waals surface area (Å²) in [6.07, 6.45) is 0. The lowest BCUT2D eigenvalue weighted by molar-refractivity contribution is 1.38. The van der Waals surface area contributed by atoms with Crippen molar-refractivity contribution in [3.8, 4) is 0 Å². The molecule has 0 aromatic heterocycles. The highest BCUT2D eigenvalue weighted by molar-refractivity contribution is 8.76. The van der Waals surface area contributed by atoms with Crippen LogP contribution in [-0.4, -0.2) is 0 Å². The number of hydrogen-bond donors (Lipinski definition) is 0. The molecule has 0 aliphatic rings.